The van der Waals surface area contributed by atoms with E-state index in [2.05, 4.69) is 77.0 Å². The molecule has 1 heteroatoms. The average molecular weight is 210 g/mol. The maximum atomic E-state index is 2.33. The Kier molecular flexibility index (Phi) is 2.65. The van der Waals surface area contributed by atoms with Crippen LogP contribution in [0, 0.1) is 12.3 Å². The number of hydrogen-bond acceptors (Lipinski definition) is 0. The Hall–Kier alpha value is -1.11. The molecule has 0 saturated carbocycles. The van der Waals surface area contributed by atoms with Crippen molar-refractivity contribution in [2.45, 2.75) is 33.1 Å². The molecule has 0 aliphatic heterocycles. The first-order chi connectivity index (χ1) is 7.47. The van der Waals surface area contributed by atoms with Gasteiger partial charge in [-0.2, -0.15) is 0 Å². The predicted molar refractivity (Wildman–Crippen MR) is 71.9 cm³/mol. The zero-order valence-corrected chi connectivity index (χ0v) is 10.6. The van der Waals surface area contributed by atoms with E-state index in [1.54, 1.807) is 0 Å². The van der Waals surface area contributed by atoms with Crippen molar-refractivity contribution in [1.82, 2.24) is 0 Å². The molecule has 0 amide bonds. The first-order valence-electron chi connectivity index (χ1n) is 5.90. The molecular weight excluding hydrogens is 191 g/mol. The first-order valence-corrected chi connectivity index (χ1v) is 5.90. The van der Waals surface area contributed by atoms with Crippen molar-refractivity contribution in [3.63, 3.8) is 0 Å². The summed E-state index contributed by atoms with van der Waals surface area (Å²) in [5, 5.41) is 0. The Morgan fingerprint density at radius 2 is 1.75 bits per heavy atom. The summed E-state index contributed by atoms with van der Waals surface area (Å²) in [7, 11) is 0. The monoisotopic (exact) mass is 210 g/mol. The molecule has 16 heavy (non-hydrogen) atoms. The van der Waals surface area contributed by atoms with Crippen LogP contribution in [0.1, 0.15) is 31.8 Å². The average Bonchev–Trinajstić information content (AvgIpc) is 2.67. The predicted octanol–water partition coefficient (Wildman–Crippen LogP) is 3.74. The van der Waals surface area contributed by atoms with Crippen molar-refractivity contribution in [2.75, 3.05) is 0 Å². The van der Waals surface area contributed by atoms with Crippen LogP contribution in [0.2, 0.25) is 0 Å². The van der Waals surface area contributed by atoms with E-state index in [1.807, 2.05) is 0 Å². The van der Waals surface area contributed by atoms with Crippen LogP contribution in [-0.2, 0) is 5.41 Å². The summed E-state index contributed by atoms with van der Waals surface area (Å²) in [4.78, 5) is 0. The molecule has 1 heterocycles. The molecule has 0 unspecified atom stereocenters. The number of hydrogen-bond donors (Lipinski definition) is 0. The van der Waals surface area contributed by atoms with Crippen LogP contribution in [0.15, 0.2) is 42.4 Å². The molecule has 1 aliphatic carbocycles. The van der Waals surface area contributed by atoms with E-state index in [9.17, 15) is 0 Å². The van der Waals surface area contributed by atoms with Gasteiger partial charge in [-0.25, -0.2) is 0 Å². The van der Waals surface area contributed by atoms with Crippen molar-refractivity contribution < 1.29 is 0 Å². The quantitative estimate of drug-likeness (QED) is 0.662. The molecule has 1 aliphatic rings. The van der Waals surface area contributed by atoms with Gasteiger partial charge in [0.1, 0.15) is 0 Å². The van der Waals surface area contributed by atoms with Crippen LogP contribution >= 0.6 is 0 Å². The molecule has 0 radical (unpaired) electrons. The van der Waals surface area contributed by atoms with Gasteiger partial charge in [0.25, 0.3) is 0 Å². The van der Waals surface area contributed by atoms with Gasteiger partial charge < -0.3 is 0 Å². The molecule has 0 nitrogen and oxygen atoms in total. The number of aryl methyl sites for hydroxylation is 1. The molecule has 0 fully saturated rings. The fourth-order valence-electron chi connectivity index (χ4n) is 2.59. The van der Waals surface area contributed by atoms with Crippen LogP contribution in [0.5, 0.6) is 0 Å². The summed E-state index contributed by atoms with van der Waals surface area (Å²) < 4.78 is 0. The van der Waals surface area contributed by atoms with E-state index >= 15 is 0 Å². The molecule has 0 N–H and O–H groups in total. The SMILES string of the molecule is Cc1bcccc1C1(C(C)(C)C)C=CC=C1. The maximum absolute atomic E-state index is 2.33. The third-order valence-electron chi connectivity index (χ3n) is 3.66. The molecule has 0 atom stereocenters. The first kappa shape index (κ1) is 11.4. The van der Waals surface area contributed by atoms with Crippen molar-refractivity contribution >= 4 is 6.91 Å². The van der Waals surface area contributed by atoms with Crippen molar-refractivity contribution in [3.05, 3.63) is 53.4 Å². The molecule has 82 valence electrons. The van der Waals surface area contributed by atoms with Gasteiger partial charge in [0.2, 0.25) is 0 Å². The van der Waals surface area contributed by atoms with E-state index in [0.717, 1.165) is 0 Å². The molecule has 1 aromatic heterocycles. The van der Waals surface area contributed by atoms with Crippen molar-refractivity contribution in [1.29, 1.82) is 0 Å². The van der Waals surface area contributed by atoms with Gasteiger partial charge in [-0.15, -0.1) is 0 Å². The summed E-state index contributed by atoms with van der Waals surface area (Å²) in [6.07, 6.45) is 8.99. The third-order valence-corrected chi connectivity index (χ3v) is 3.66. The summed E-state index contributed by atoms with van der Waals surface area (Å²) in [5.41, 5.74) is 3.04. The minimum atomic E-state index is 0.0539. The van der Waals surface area contributed by atoms with Crippen LogP contribution in [-0.4, -0.2) is 6.91 Å². The van der Waals surface area contributed by atoms with Crippen LogP contribution < -0.4 is 0 Å². The Balaban J connectivity index is 2.63. The molecule has 0 aromatic carbocycles. The molecule has 0 saturated heterocycles. The second-order valence-electron chi connectivity index (χ2n) is 5.65. The third kappa shape index (κ3) is 1.59. The Morgan fingerprint density at radius 1 is 1.12 bits per heavy atom. The second kappa shape index (κ2) is 3.73. The second-order valence-corrected chi connectivity index (χ2v) is 5.65. The van der Waals surface area contributed by atoms with Gasteiger partial charge in [0, 0.05) is 0 Å². The van der Waals surface area contributed by atoms with Gasteiger partial charge in [0.15, 0.2) is 0 Å². The number of allylic oxidation sites excluding steroid dienone is 4. The van der Waals surface area contributed by atoms with Crippen molar-refractivity contribution in [2.24, 2.45) is 5.41 Å². The molecule has 1 aromatic rings. The summed E-state index contributed by atoms with van der Waals surface area (Å²) in [5.74, 6) is 2.11. The Labute approximate surface area is 99.3 Å². The normalized spacial score (nSPS) is 17.8. The molecule has 2 rings (SSSR count). The van der Waals surface area contributed by atoms with Crippen LogP contribution in [0.4, 0.5) is 0 Å². The van der Waals surface area contributed by atoms with E-state index in [1.165, 1.54) is 11.0 Å². The van der Waals surface area contributed by atoms with Crippen LogP contribution in [0.25, 0.3) is 0 Å². The van der Waals surface area contributed by atoms with E-state index in [4.69, 9.17) is 0 Å². The molecular formula is C15H19B. The summed E-state index contributed by atoms with van der Waals surface area (Å²) in [6.45, 7) is 11.3. The number of rotatable bonds is 1. The van der Waals surface area contributed by atoms with Gasteiger partial charge >= 0.3 is 98.9 Å². The molecule has 0 spiro atoms. The fourth-order valence-corrected chi connectivity index (χ4v) is 2.59. The standard InChI is InChI=1S/C15H19B/c1-12-13(8-7-11-16-12)15(14(2,3)4)9-5-6-10-15/h5-11H,1-4H3. The van der Waals surface area contributed by atoms with Gasteiger partial charge in [-0.3, -0.25) is 0 Å². The minimum absolute atomic E-state index is 0.0539. The zero-order chi connectivity index (χ0) is 11.8. The van der Waals surface area contributed by atoms with Crippen LogP contribution in [0.3, 0.4) is 0 Å². The summed E-state index contributed by atoms with van der Waals surface area (Å²) >= 11 is 0. The van der Waals surface area contributed by atoms with E-state index < -0.39 is 0 Å². The zero-order valence-electron chi connectivity index (χ0n) is 10.6. The van der Waals surface area contributed by atoms with Crippen molar-refractivity contribution in [3.8, 4) is 0 Å². The van der Waals surface area contributed by atoms with E-state index in [-0.39, 0.29) is 10.8 Å². The van der Waals surface area contributed by atoms with E-state index in [0.29, 0.717) is 0 Å². The molecule has 0 bridgehead atoms. The Bertz CT molecular complexity index is 435. The van der Waals surface area contributed by atoms with Gasteiger partial charge in [-0.1, -0.05) is 0 Å². The fraction of sp³-hybridized carbons (Fsp3) is 0.400. The van der Waals surface area contributed by atoms with Gasteiger partial charge in [0.05, 0.1) is 0 Å². The Morgan fingerprint density at radius 3 is 2.25 bits per heavy atom. The van der Waals surface area contributed by atoms with Gasteiger partial charge in [-0.05, 0) is 0 Å². The topological polar surface area (TPSA) is 0 Å². The summed E-state index contributed by atoms with van der Waals surface area (Å²) in [6, 6.07) is 4.39.